The van der Waals surface area contributed by atoms with Crippen molar-refractivity contribution in [3.63, 3.8) is 0 Å². The minimum atomic E-state index is -0.0573. The number of anilines is 2. The standard InChI is InChI=1S/C19H20Cl2N4O3/c1-11(2)28-15-9-12(27-7-6-20)8-14-17(15)19(23-10-22-14)25-18-13(21)4-5-16(24-18)26-3/h4-5,8-11H,6-7H2,1-3H3,(H,22,23,24,25). The zero-order valence-electron chi connectivity index (χ0n) is 15.7. The molecule has 0 fully saturated rings. The SMILES string of the molecule is COc1ccc(Cl)c(Nc2ncnc3cc(OCCCl)cc(OC(C)C)c23)n1. The summed E-state index contributed by atoms with van der Waals surface area (Å²) < 4.78 is 16.8. The molecular weight excluding hydrogens is 403 g/mol. The summed E-state index contributed by atoms with van der Waals surface area (Å²) >= 11 is 12.0. The first-order valence-electron chi connectivity index (χ1n) is 8.63. The number of halogens is 2. The monoisotopic (exact) mass is 422 g/mol. The number of nitrogens with zero attached hydrogens (tertiary/aromatic N) is 3. The largest absolute Gasteiger partial charge is 0.492 e. The molecule has 2 aromatic heterocycles. The van der Waals surface area contributed by atoms with Gasteiger partial charge in [0.15, 0.2) is 5.82 Å². The van der Waals surface area contributed by atoms with Crippen molar-refractivity contribution in [1.82, 2.24) is 15.0 Å². The summed E-state index contributed by atoms with van der Waals surface area (Å²) in [4.78, 5) is 13.0. The number of methoxy groups -OCH3 is 1. The molecule has 0 unspecified atom stereocenters. The van der Waals surface area contributed by atoms with Crippen molar-refractivity contribution in [2.24, 2.45) is 0 Å². The maximum absolute atomic E-state index is 6.27. The zero-order chi connectivity index (χ0) is 20.1. The van der Waals surface area contributed by atoms with Gasteiger partial charge in [-0.05, 0) is 19.9 Å². The van der Waals surface area contributed by atoms with Crippen molar-refractivity contribution >= 4 is 45.7 Å². The molecule has 0 amide bonds. The van der Waals surface area contributed by atoms with Crippen LogP contribution in [-0.4, -0.2) is 40.7 Å². The van der Waals surface area contributed by atoms with E-state index < -0.39 is 0 Å². The maximum Gasteiger partial charge on any atom is 0.214 e. The molecule has 28 heavy (non-hydrogen) atoms. The molecule has 2 heterocycles. The van der Waals surface area contributed by atoms with Crippen LogP contribution >= 0.6 is 23.2 Å². The number of hydrogen-bond donors (Lipinski definition) is 1. The van der Waals surface area contributed by atoms with Crippen molar-refractivity contribution in [1.29, 1.82) is 0 Å². The van der Waals surface area contributed by atoms with Gasteiger partial charge in [0.05, 0.1) is 35.0 Å². The Kier molecular flexibility index (Phi) is 6.59. The average molecular weight is 423 g/mol. The Morgan fingerprint density at radius 3 is 2.68 bits per heavy atom. The molecule has 0 saturated carbocycles. The quantitative estimate of drug-likeness (QED) is 0.520. The summed E-state index contributed by atoms with van der Waals surface area (Å²) in [6.07, 6.45) is 1.39. The van der Waals surface area contributed by atoms with Crippen LogP contribution < -0.4 is 19.5 Å². The molecule has 0 spiro atoms. The molecule has 0 saturated heterocycles. The fourth-order valence-electron chi connectivity index (χ4n) is 2.55. The van der Waals surface area contributed by atoms with E-state index in [4.69, 9.17) is 37.4 Å². The van der Waals surface area contributed by atoms with Crippen molar-refractivity contribution in [3.05, 3.63) is 35.6 Å². The Morgan fingerprint density at radius 2 is 1.96 bits per heavy atom. The first-order chi connectivity index (χ1) is 13.5. The van der Waals surface area contributed by atoms with E-state index in [0.717, 1.165) is 0 Å². The molecule has 0 bridgehead atoms. The van der Waals surface area contributed by atoms with Crippen LogP contribution in [0.1, 0.15) is 13.8 Å². The number of fused-ring (bicyclic) bond motifs is 1. The highest BCUT2D eigenvalue weighted by molar-refractivity contribution is 6.33. The fourth-order valence-corrected chi connectivity index (χ4v) is 2.78. The van der Waals surface area contributed by atoms with Crippen LogP contribution in [0.5, 0.6) is 17.4 Å². The Hall–Kier alpha value is -2.51. The maximum atomic E-state index is 6.27. The third-order valence-corrected chi connectivity index (χ3v) is 4.11. The van der Waals surface area contributed by atoms with E-state index in [-0.39, 0.29) is 6.10 Å². The van der Waals surface area contributed by atoms with Gasteiger partial charge in [-0.15, -0.1) is 11.6 Å². The van der Waals surface area contributed by atoms with E-state index in [9.17, 15) is 0 Å². The Morgan fingerprint density at radius 1 is 1.14 bits per heavy atom. The second kappa shape index (κ2) is 9.12. The lowest BCUT2D eigenvalue weighted by Gasteiger charge is -2.17. The summed E-state index contributed by atoms with van der Waals surface area (Å²) in [5, 5.41) is 4.27. The van der Waals surface area contributed by atoms with Gasteiger partial charge in [0, 0.05) is 18.2 Å². The first-order valence-corrected chi connectivity index (χ1v) is 9.54. The van der Waals surface area contributed by atoms with Crippen LogP contribution in [-0.2, 0) is 0 Å². The molecule has 1 aromatic carbocycles. The van der Waals surface area contributed by atoms with E-state index in [1.54, 1.807) is 18.2 Å². The molecule has 0 radical (unpaired) electrons. The minimum absolute atomic E-state index is 0.0573. The molecule has 148 valence electrons. The van der Waals surface area contributed by atoms with Gasteiger partial charge in [-0.1, -0.05) is 11.6 Å². The molecule has 0 aliphatic heterocycles. The Bertz CT molecular complexity index is 969. The highest BCUT2D eigenvalue weighted by atomic mass is 35.5. The Balaban J connectivity index is 2.10. The van der Waals surface area contributed by atoms with Crippen LogP contribution in [0.3, 0.4) is 0 Å². The van der Waals surface area contributed by atoms with E-state index in [1.807, 2.05) is 19.9 Å². The Labute approximate surface area is 173 Å². The summed E-state index contributed by atoms with van der Waals surface area (Å²) in [6.45, 7) is 4.26. The van der Waals surface area contributed by atoms with E-state index >= 15 is 0 Å². The molecule has 1 N–H and O–H groups in total. The highest BCUT2D eigenvalue weighted by Crippen LogP contribution is 2.37. The van der Waals surface area contributed by atoms with Crippen LogP contribution in [0, 0.1) is 0 Å². The average Bonchev–Trinajstić information content (AvgIpc) is 2.67. The number of aromatic nitrogens is 3. The fraction of sp³-hybridized carbons (Fsp3) is 0.316. The molecule has 3 aromatic rings. The lowest BCUT2D eigenvalue weighted by Crippen LogP contribution is -2.08. The van der Waals surface area contributed by atoms with E-state index in [0.29, 0.717) is 57.4 Å². The molecule has 0 aliphatic carbocycles. The van der Waals surface area contributed by atoms with Crippen molar-refractivity contribution in [2.75, 3.05) is 24.9 Å². The number of nitrogens with one attached hydrogen (secondary N) is 1. The summed E-state index contributed by atoms with van der Waals surface area (Å²) in [5.41, 5.74) is 0.652. The van der Waals surface area contributed by atoms with Gasteiger partial charge in [0.1, 0.15) is 30.3 Å². The third kappa shape index (κ3) is 4.66. The van der Waals surface area contributed by atoms with Gasteiger partial charge in [0.2, 0.25) is 5.88 Å². The molecule has 9 heteroatoms. The second-order valence-corrected chi connectivity index (χ2v) is 6.84. The van der Waals surface area contributed by atoms with Gasteiger partial charge >= 0.3 is 0 Å². The predicted octanol–water partition coefficient (Wildman–Crippen LogP) is 4.84. The van der Waals surface area contributed by atoms with Crippen LogP contribution in [0.4, 0.5) is 11.6 Å². The predicted molar refractivity (Wildman–Crippen MR) is 111 cm³/mol. The summed E-state index contributed by atoms with van der Waals surface area (Å²) in [7, 11) is 1.54. The molecule has 3 rings (SSSR count). The van der Waals surface area contributed by atoms with Gasteiger partial charge in [-0.25, -0.2) is 9.97 Å². The van der Waals surface area contributed by atoms with Crippen LogP contribution in [0.25, 0.3) is 10.9 Å². The zero-order valence-corrected chi connectivity index (χ0v) is 17.2. The molecule has 7 nitrogen and oxygen atoms in total. The van der Waals surface area contributed by atoms with Crippen molar-refractivity contribution in [3.8, 4) is 17.4 Å². The van der Waals surface area contributed by atoms with Crippen LogP contribution in [0.15, 0.2) is 30.6 Å². The van der Waals surface area contributed by atoms with Gasteiger partial charge in [-0.3, -0.25) is 0 Å². The lowest BCUT2D eigenvalue weighted by molar-refractivity contribution is 0.243. The number of hydrogen-bond acceptors (Lipinski definition) is 7. The minimum Gasteiger partial charge on any atom is -0.492 e. The van der Waals surface area contributed by atoms with E-state index in [2.05, 4.69) is 20.3 Å². The lowest BCUT2D eigenvalue weighted by atomic mass is 10.2. The molecular formula is C19H20Cl2N4O3. The number of pyridine rings is 1. The normalized spacial score (nSPS) is 10.9. The number of benzene rings is 1. The number of alkyl halides is 1. The summed E-state index contributed by atoms with van der Waals surface area (Å²) in [6, 6.07) is 6.98. The number of rotatable bonds is 8. The van der Waals surface area contributed by atoms with Gasteiger partial charge in [-0.2, -0.15) is 4.98 Å². The third-order valence-electron chi connectivity index (χ3n) is 3.65. The topological polar surface area (TPSA) is 78.4 Å². The molecule has 0 aliphatic rings. The first kappa shape index (κ1) is 20.2. The van der Waals surface area contributed by atoms with Crippen LogP contribution in [0.2, 0.25) is 5.02 Å². The van der Waals surface area contributed by atoms with Gasteiger partial charge in [0.25, 0.3) is 0 Å². The number of ether oxygens (including phenoxy) is 3. The highest BCUT2D eigenvalue weighted by Gasteiger charge is 2.16. The van der Waals surface area contributed by atoms with E-state index in [1.165, 1.54) is 13.4 Å². The van der Waals surface area contributed by atoms with Crippen molar-refractivity contribution < 1.29 is 14.2 Å². The molecule has 0 atom stereocenters. The van der Waals surface area contributed by atoms with Gasteiger partial charge < -0.3 is 19.5 Å². The summed E-state index contributed by atoms with van der Waals surface area (Å²) in [5.74, 6) is 2.94. The second-order valence-electron chi connectivity index (χ2n) is 6.05. The van der Waals surface area contributed by atoms with Crippen molar-refractivity contribution in [2.45, 2.75) is 20.0 Å². The smallest absolute Gasteiger partial charge is 0.214 e.